The lowest BCUT2D eigenvalue weighted by Gasteiger charge is -2.13. The maximum Gasteiger partial charge on any atom is 0.226 e. The van der Waals surface area contributed by atoms with Crippen molar-refractivity contribution in [3.63, 3.8) is 0 Å². The van der Waals surface area contributed by atoms with E-state index in [9.17, 15) is 4.79 Å². The van der Waals surface area contributed by atoms with E-state index >= 15 is 0 Å². The first-order valence-electron chi connectivity index (χ1n) is 7.33. The summed E-state index contributed by atoms with van der Waals surface area (Å²) in [6.45, 7) is 6.54. The van der Waals surface area contributed by atoms with Gasteiger partial charge in [0, 0.05) is 18.7 Å². The van der Waals surface area contributed by atoms with Crippen molar-refractivity contribution in [2.75, 3.05) is 17.2 Å². The minimum atomic E-state index is -0.0114. The molecule has 0 fully saturated rings. The second kappa shape index (κ2) is 7.32. The molecule has 2 aromatic carbocycles. The summed E-state index contributed by atoms with van der Waals surface area (Å²) in [7, 11) is 0. The first-order valence-corrected chi connectivity index (χ1v) is 7.71. The minimum absolute atomic E-state index is 0.0114. The summed E-state index contributed by atoms with van der Waals surface area (Å²) in [4.78, 5) is 12.0. The molecule has 0 aliphatic carbocycles. The smallest absolute Gasteiger partial charge is 0.226 e. The number of benzene rings is 2. The molecule has 3 nitrogen and oxygen atoms in total. The van der Waals surface area contributed by atoms with Gasteiger partial charge in [-0.2, -0.15) is 0 Å². The highest BCUT2D eigenvalue weighted by atomic mass is 35.5. The summed E-state index contributed by atoms with van der Waals surface area (Å²) >= 11 is 6.24. The van der Waals surface area contributed by atoms with Crippen LogP contribution >= 0.6 is 11.6 Å². The van der Waals surface area contributed by atoms with Crippen LogP contribution in [-0.2, 0) is 4.79 Å². The van der Waals surface area contributed by atoms with E-state index in [1.165, 1.54) is 0 Å². The number of anilines is 2. The topological polar surface area (TPSA) is 41.1 Å². The van der Waals surface area contributed by atoms with E-state index in [0.717, 1.165) is 28.1 Å². The normalized spacial score (nSPS) is 10.4. The van der Waals surface area contributed by atoms with E-state index in [-0.39, 0.29) is 5.91 Å². The fourth-order valence-corrected chi connectivity index (χ4v) is 2.75. The first kappa shape index (κ1) is 16.4. The van der Waals surface area contributed by atoms with Crippen LogP contribution in [-0.4, -0.2) is 12.5 Å². The third kappa shape index (κ3) is 4.25. The number of aryl methyl sites for hydroxylation is 3. The lowest BCUT2D eigenvalue weighted by atomic mass is 10.1. The maximum atomic E-state index is 12.0. The number of rotatable bonds is 5. The van der Waals surface area contributed by atoms with Crippen molar-refractivity contribution in [2.24, 2.45) is 0 Å². The molecule has 1 amide bonds. The van der Waals surface area contributed by atoms with Crippen molar-refractivity contribution >= 4 is 28.9 Å². The summed E-state index contributed by atoms with van der Waals surface area (Å²) < 4.78 is 0. The molecule has 0 spiro atoms. The van der Waals surface area contributed by atoms with E-state index in [4.69, 9.17) is 11.6 Å². The summed E-state index contributed by atoms with van der Waals surface area (Å²) in [6, 6.07) is 11.7. The zero-order chi connectivity index (χ0) is 16.1. The van der Waals surface area contributed by atoms with Gasteiger partial charge >= 0.3 is 0 Å². The molecule has 0 heterocycles. The van der Waals surface area contributed by atoms with Crippen LogP contribution in [0.4, 0.5) is 11.4 Å². The SMILES string of the molecule is Cc1cc(C)c(NCCC(=O)Nc2ccccc2C)c(Cl)c1. The van der Waals surface area contributed by atoms with Gasteiger partial charge in [0.1, 0.15) is 0 Å². The maximum absolute atomic E-state index is 12.0. The first-order chi connectivity index (χ1) is 10.5. The van der Waals surface area contributed by atoms with Gasteiger partial charge in [0.05, 0.1) is 10.7 Å². The number of nitrogens with one attached hydrogen (secondary N) is 2. The number of carbonyl (C=O) groups is 1. The van der Waals surface area contributed by atoms with Gasteiger partial charge in [-0.25, -0.2) is 0 Å². The Morgan fingerprint density at radius 2 is 1.82 bits per heavy atom. The lowest BCUT2D eigenvalue weighted by molar-refractivity contribution is -0.115. The number of hydrogen-bond donors (Lipinski definition) is 2. The average Bonchev–Trinajstić information content (AvgIpc) is 2.44. The van der Waals surface area contributed by atoms with Gasteiger partial charge in [0.15, 0.2) is 0 Å². The van der Waals surface area contributed by atoms with Crippen LogP contribution in [0.1, 0.15) is 23.1 Å². The van der Waals surface area contributed by atoms with Crippen LogP contribution in [0.2, 0.25) is 5.02 Å². The predicted molar refractivity (Wildman–Crippen MR) is 93.8 cm³/mol. The third-order valence-electron chi connectivity index (χ3n) is 3.50. The molecular formula is C18H21ClN2O. The Kier molecular flexibility index (Phi) is 5.45. The zero-order valence-corrected chi connectivity index (χ0v) is 13.9. The van der Waals surface area contributed by atoms with Crippen molar-refractivity contribution in [3.05, 3.63) is 58.1 Å². The number of carbonyl (C=O) groups excluding carboxylic acids is 1. The van der Waals surface area contributed by atoms with E-state index in [1.807, 2.05) is 51.1 Å². The monoisotopic (exact) mass is 316 g/mol. The van der Waals surface area contributed by atoms with E-state index in [1.54, 1.807) is 0 Å². The van der Waals surface area contributed by atoms with Crippen LogP contribution < -0.4 is 10.6 Å². The van der Waals surface area contributed by atoms with Crippen molar-refractivity contribution < 1.29 is 4.79 Å². The number of hydrogen-bond acceptors (Lipinski definition) is 2. The Labute approximate surface area is 136 Å². The van der Waals surface area contributed by atoms with Crippen LogP contribution in [0.15, 0.2) is 36.4 Å². The van der Waals surface area contributed by atoms with Crippen LogP contribution in [0, 0.1) is 20.8 Å². The third-order valence-corrected chi connectivity index (χ3v) is 3.80. The molecule has 0 aliphatic heterocycles. The molecule has 2 rings (SSSR count). The van der Waals surface area contributed by atoms with Gasteiger partial charge in [0.25, 0.3) is 0 Å². The molecule has 22 heavy (non-hydrogen) atoms. The fraction of sp³-hybridized carbons (Fsp3) is 0.278. The van der Waals surface area contributed by atoms with Crippen LogP contribution in [0.5, 0.6) is 0 Å². The molecule has 2 aromatic rings. The summed E-state index contributed by atoms with van der Waals surface area (Å²) in [5, 5.41) is 6.86. The molecule has 0 saturated carbocycles. The molecule has 0 radical (unpaired) electrons. The molecule has 0 aromatic heterocycles. The number of halogens is 1. The van der Waals surface area contributed by atoms with Gasteiger partial charge in [-0.05, 0) is 49.6 Å². The Morgan fingerprint density at radius 1 is 1.09 bits per heavy atom. The quantitative estimate of drug-likeness (QED) is 0.839. The second-order valence-corrected chi connectivity index (χ2v) is 5.89. The Hall–Kier alpha value is -2.00. The van der Waals surface area contributed by atoms with Gasteiger partial charge in [0.2, 0.25) is 5.91 Å². The standard InChI is InChI=1S/C18H21ClN2O/c1-12-10-14(3)18(15(19)11-12)20-9-8-17(22)21-16-7-5-4-6-13(16)2/h4-7,10-11,20H,8-9H2,1-3H3,(H,21,22). The molecule has 0 bridgehead atoms. The zero-order valence-electron chi connectivity index (χ0n) is 13.2. The summed E-state index contributed by atoms with van der Waals surface area (Å²) in [5.41, 5.74) is 5.03. The van der Waals surface area contributed by atoms with Crippen LogP contribution in [0.25, 0.3) is 0 Å². The van der Waals surface area contributed by atoms with Gasteiger partial charge < -0.3 is 10.6 Å². The summed E-state index contributed by atoms with van der Waals surface area (Å²) in [6.07, 6.45) is 0.387. The van der Waals surface area contributed by atoms with E-state index < -0.39 is 0 Å². The Morgan fingerprint density at radius 3 is 2.50 bits per heavy atom. The molecule has 0 aliphatic rings. The molecular weight excluding hydrogens is 296 g/mol. The van der Waals surface area contributed by atoms with Crippen molar-refractivity contribution in [3.8, 4) is 0 Å². The Balaban J connectivity index is 1.89. The second-order valence-electron chi connectivity index (χ2n) is 5.48. The lowest BCUT2D eigenvalue weighted by Crippen LogP contribution is -2.17. The van der Waals surface area contributed by atoms with Gasteiger partial charge in [-0.15, -0.1) is 0 Å². The van der Waals surface area contributed by atoms with E-state index in [2.05, 4.69) is 16.7 Å². The largest absolute Gasteiger partial charge is 0.383 e. The highest BCUT2D eigenvalue weighted by Gasteiger charge is 2.07. The van der Waals surface area contributed by atoms with Gasteiger partial charge in [-0.1, -0.05) is 35.9 Å². The molecule has 0 atom stereocenters. The van der Waals surface area contributed by atoms with Crippen molar-refractivity contribution in [1.29, 1.82) is 0 Å². The van der Waals surface area contributed by atoms with Crippen molar-refractivity contribution in [2.45, 2.75) is 27.2 Å². The number of amides is 1. The number of para-hydroxylation sites is 1. The van der Waals surface area contributed by atoms with Gasteiger partial charge in [-0.3, -0.25) is 4.79 Å². The highest BCUT2D eigenvalue weighted by molar-refractivity contribution is 6.33. The molecule has 4 heteroatoms. The fourth-order valence-electron chi connectivity index (χ4n) is 2.37. The van der Waals surface area contributed by atoms with Crippen molar-refractivity contribution in [1.82, 2.24) is 0 Å². The Bertz CT molecular complexity index is 660. The highest BCUT2D eigenvalue weighted by Crippen LogP contribution is 2.27. The molecule has 0 unspecified atom stereocenters. The minimum Gasteiger partial charge on any atom is -0.383 e. The van der Waals surface area contributed by atoms with E-state index in [0.29, 0.717) is 18.0 Å². The summed E-state index contributed by atoms with van der Waals surface area (Å²) in [5.74, 6) is -0.0114. The molecule has 0 saturated heterocycles. The predicted octanol–water partition coefficient (Wildman–Crippen LogP) is 4.71. The average molecular weight is 317 g/mol. The molecule has 2 N–H and O–H groups in total. The molecule has 116 valence electrons. The van der Waals surface area contributed by atoms with Crippen LogP contribution in [0.3, 0.4) is 0 Å².